The molecule has 1 amide bonds. The number of hydrogen-bond donors (Lipinski definition) is 2. The highest BCUT2D eigenvalue weighted by molar-refractivity contribution is 6.41. The van der Waals surface area contributed by atoms with Crippen LogP contribution in [0.4, 0.5) is 5.82 Å². The van der Waals surface area contributed by atoms with Crippen molar-refractivity contribution in [3.63, 3.8) is 0 Å². The number of nitrogens with one attached hydrogen (secondary N) is 1. The summed E-state index contributed by atoms with van der Waals surface area (Å²) < 4.78 is 4.82. The van der Waals surface area contributed by atoms with Gasteiger partial charge in [-0.15, -0.1) is 0 Å². The monoisotopic (exact) mass is 335 g/mol. The fourth-order valence-corrected chi connectivity index (χ4v) is 1.37. The number of halogens is 2. The fraction of sp³-hybridized carbons (Fsp3) is 0.364. The van der Waals surface area contributed by atoms with Gasteiger partial charge in [-0.2, -0.15) is 0 Å². The van der Waals surface area contributed by atoms with Gasteiger partial charge in [0.1, 0.15) is 5.60 Å². The Balaban J connectivity index is 3.02. The van der Waals surface area contributed by atoms with Crippen molar-refractivity contribution in [3.8, 4) is 0 Å². The Kier molecular flexibility index (Phi) is 5.08. The van der Waals surface area contributed by atoms with Crippen LogP contribution in [0.25, 0.3) is 0 Å². The first kappa shape index (κ1) is 17.1. The Morgan fingerprint density at radius 2 is 1.67 bits per heavy atom. The standard InChI is InChI=1S/C11H11Cl2N3O5/c1-11(2,3)21-10(20)8(17)16-7-4(9(18)19)14-5(12)6(13)15-7/h1-3H3,(H,18,19)(H,15,16,17). The van der Waals surface area contributed by atoms with E-state index in [1.54, 1.807) is 20.8 Å². The molecule has 1 aromatic heterocycles. The van der Waals surface area contributed by atoms with Gasteiger partial charge in [-0.25, -0.2) is 19.6 Å². The number of nitrogens with zero attached hydrogens (tertiary/aromatic N) is 2. The molecule has 0 aromatic carbocycles. The number of ether oxygens (including phenoxy) is 1. The number of amides is 1. The van der Waals surface area contributed by atoms with Gasteiger partial charge < -0.3 is 9.84 Å². The third kappa shape index (κ3) is 4.83. The second-order valence-electron chi connectivity index (χ2n) is 4.76. The summed E-state index contributed by atoms with van der Waals surface area (Å²) >= 11 is 11.1. The van der Waals surface area contributed by atoms with Crippen molar-refractivity contribution >= 4 is 46.9 Å². The number of hydrogen-bond acceptors (Lipinski definition) is 6. The zero-order chi connectivity index (χ0) is 16.4. The molecule has 1 rings (SSSR count). The van der Waals surface area contributed by atoms with Crippen LogP contribution in [0.1, 0.15) is 31.3 Å². The quantitative estimate of drug-likeness (QED) is 0.624. The van der Waals surface area contributed by atoms with Crippen LogP contribution in [-0.2, 0) is 14.3 Å². The van der Waals surface area contributed by atoms with Crippen molar-refractivity contribution in [2.24, 2.45) is 0 Å². The SMILES string of the molecule is CC(C)(C)OC(=O)C(=O)Nc1nc(Cl)c(Cl)nc1C(=O)O. The van der Waals surface area contributed by atoms with E-state index in [0.717, 1.165) is 0 Å². The van der Waals surface area contributed by atoms with Gasteiger partial charge >= 0.3 is 17.8 Å². The number of carbonyl (C=O) groups excluding carboxylic acids is 2. The van der Waals surface area contributed by atoms with Crippen molar-refractivity contribution in [1.82, 2.24) is 9.97 Å². The smallest absolute Gasteiger partial charge is 0.397 e. The van der Waals surface area contributed by atoms with Crippen LogP contribution in [0.5, 0.6) is 0 Å². The molecule has 0 unspecified atom stereocenters. The maximum atomic E-state index is 11.6. The van der Waals surface area contributed by atoms with Crippen molar-refractivity contribution in [3.05, 3.63) is 16.0 Å². The molecule has 0 fully saturated rings. The highest BCUT2D eigenvalue weighted by Gasteiger charge is 2.26. The Morgan fingerprint density at radius 1 is 1.14 bits per heavy atom. The number of rotatable bonds is 2. The zero-order valence-corrected chi connectivity index (χ0v) is 12.7. The summed E-state index contributed by atoms with van der Waals surface area (Å²) in [5.74, 6) is -4.42. The number of esters is 1. The van der Waals surface area contributed by atoms with Crippen LogP contribution < -0.4 is 5.32 Å². The van der Waals surface area contributed by atoms with E-state index < -0.39 is 35.0 Å². The van der Waals surface area contributed by atoms with Gasteiger partial charge in [0.15, 0.2) is 21.8 Å². The number of carbonyl (C=O) groups is 3. The lowest BCUT2D eigenvalue weighted by atomic mass is 10.2. The molecule has 0 atom stereocenters. The first-order valence-corrected chi connectivity index (χ1v) is 6.27. The van der Waals surface area contributed by atoms with Crippen LogP contribution >= 0.6 is 23.2 Å². The van der Waals surface area contributed by atoms with E-state index in [0.29, 0.717) is 0 Å². The molecule has 114 valence electrons. The van der Waals surface area contributed by atoms with Crippen molar-refractivity contribution < 1.29 is 24.2 Å². The average Bonchev–Trinajstić information content (AvgIpc) is 2.30. The maximum absolute atomic E-state index is 11.6. The lowest BCUT2D eigenvalue weighted by Gasteiger charge is -2.18. The second-order valence-corrected chi connectivity index (χ2v) is 5.48. The second kappa shape index (κ2) is 6.23. The Bertz CT molecular complexity index is 613. The Hall–Kier alpha value is -1.93. The van der Waals surface area contributed by atoms with Crippen LogP contribution in [0.15, 0.2) is 0 Å². The number of anilines is 1. The van der Waals surface area contributed by atoms with E-state index >= 15 is 0 Å². The lowest BCUT2D eigenvalue weighted by Crippen LogP contribution is -2.33. The van der Waals surface area contributed by atoms with Crippen LogP contribution in [0, 0.1) is 0 Å². The van der Waals surface area contributed by atoms with Crippen LogP contribution in [0.3, 0.4) is 0 Å². The van der Waals surface area contributed by atoms with Crippen LogP contribution in [-0.4, -0.2) is 38.5 Å². The fourth-order valence-electron chi connectivity index (χ4n) is 1.11. The lowest BCUT2D eigenvalue weighted by molar-refractivity contribution is -0.161. The molecule has 0 aliphatic carbocycles. The third-order valence-electron chi connectivity index (χ3n) is 1.83. The summed E-state index contributed by atoms with van der Waals surface area (Å²) in [6, 6.07) is 0. The first-order chi connectivity index (χ1) is 9.51. The maximum Gasteiger partial charge on any atom is 0.397 e. The van der Waals surface area contributed by atoms with Gasteiger partial charge in [0, 0.05) is 0 Å². The van der Waals surface area contributed by atoms with E-state index in [1.165, 1.54) is 0 Å². The molecule has 0 saturated carbocycles. The number of carboxylic acid groups (broad SMARTS) is 1. The molecule has 8 nitrogen and oxygen atoms in total. The molecule has 0 spiro atoms. The van der Waals surface area contributed by atoms with Crippen molar-refractivity contribution in [2.45, 2.75) is 26.4 Å². The van der Waals surface area contributed by atoms with E-state index in [9.17, 15) is 14.4 Å². The van der Waals surface area contributed by atoms with Gasteiger partial charge in [-0.1, -0.05) is 23.2 Å². The van der Waals surface area contributed by atoms with E-state index in [1.807, 2.05) is 5.32 Å². The zero-order valence-electron chi connectivity index (χ0n) is 11.2. The third-order valence-corrected chi connectivity index (χ3v) is 2.46. The minimum absolute atomic E-state index is 0.318. The molecular formula is C11H11Cl2N3O5. The predicted molar refractivity (Wildman–Crippen MR) is 73.5 cm³/mol. The molecule has 1 heterocycles. The normalized spacial score (nSPS) is 10.9. The van der Waals surface area contributed by atoms with Gasteiger partial charge in [0.05, 0.1) is 0 Å². The Labute approximate surface area is 129 Å². The first-order valence-electron chi connectivity index (χ1n) is 5.52. The molecule has 21 heavy (non-hydrogen) atoms. The molecule has 2 N–H and O–H groups in total. The van der Waals surface area contributed by atoms with E-state index in [4.69, 9.17) is 33.0 Å². The summed E-state index contributed by atoms with van der Waals surface area (Å²) in [5, 5.41) is 10.3. The molecule has 0 aliphatic rings. The Morgan fingerprint density at radius 3 is 2.14 bits per heavy atom. The van der Waals surface area contributed by atoms with E-state index in [2.05, 4.69) is 9.97 Å². The van der Waals surface area contributed by atoms with Gasteiger partial charge in [-0.05, 0) is 20.8 Å². The van der Waals surface area contributed by atoms with Gasteiger partial charge in [0.2, 0.25) is 0 Å². The van der Waals surface area contributed by atoms with Crippen molar-refractivity contribution in [1.29, 1.82) is 0 Å². The predicted octanol–water partition coefficient (Wildman–Crippen LogP) is 1.76. The number of aromatic carboxylic acids is 1. The van der Waals surface area contributed by atoms with Gasteiger partial charge in [0.25, 0.3) is 0 Å². The highest BCUT2D eigenvalue weighted by atomic mass is 35.5. The molecule has 0 aliphatic heterocycles. The molecule has 0 radical (unpaired) electrons. The number of aromatic nitrogens is 2. The summed E-state index contributed by atoms with van der Waals surface area (Å²) in [6.45, 7) is 4.71. The topological polar surface area (TPSA) is 118 Å². The minimum Gasteiger partial charge on any atom is -0.476 e. The molecule has 0 bridgehead atoms. The van der Waals surface area contributed by atoms with Crippen LogP contribution in [0.2, 0.25) is 10.3 Å². The average molecular weight is 336 g/mol. The molecule has 0 saturated heterocycles. The summed E-state index contributed by atoms with van der Waals surface area (Å²) in [7, 11) is 0. The molecule has 10 heteroatoms. The van der Waals surface area contributed by atoms with Crippen molar-refractivity contribution in [2.75, 3.05) is 5.32 Å². The summed E-state index contributed by atoms with van der Waals surface area (Å²) in [4.78, 5) is 41.2. The summed E-state index contributed by atoms with van der Waals surface area (Å²) in [5.41, 5.74) is -1.53. The highest BCUT2D eigenvalue weighted by Crippen LogP contribution is 2.22. The summed E-state index contributed by atoms with van der Waals surface area (Å²) in [6.07, 6.45) is 0. The minimum atomic E-state index is -1.50. The largest absolute Gasteiger partial charge is 0.476 e. The number of carboxylic acids is 1. The van der Waals surface area contributed by atoms with E-state index in [-0.39, 0.29) is 10.3 Å². The molecule has 1 aromatic rings. The van der Waals surface area contributed by atoms with Gasteiger partial charge in [-0.3, -0.25) is 10.1 Å². The molecular weight excluding hydrogens is 325 g/mol.